The topological polar surface area (TPSA) is 65.2 Å². The van der Waals surface area contributed by atoms with Gasteiger partial charge in [0.15, 0.2) is 0 Å². The van der Waals surface area contributed by atoms with Gasteiger partial charge >= 0.3 is 0 Å². The molecule has 0 radical (unpaired) electrons. The first-order chi connectivity index (χ1) is 3.56. The van der Waals surface area contributed by atoms with Crippen LogP contribution in [0.4, 0.5) is 0 Å². The van der Waals surface area contributed by atoms with Crippen LogP contribution < -0.4 is 5.90 Å². The first kappa shape index (κ1) is 11.6. The molecule has 0 bridgehead atoms. The Morgan fingerprint density at radius 3 is 1.89 bits per heavy atom. The zero-order valence-electron chi connectivity index (χ0n) is 6.29. The summed E-state index contributed by atoms with van der Waals surface area (Å²) in [7, 11) is 6.29. The molecule has 58 valence electrons. The Kier molecular flexibility index (Phi) is 6.06. The lowest BCUT2D eigenvalue weighted by Crippen LogP contribution is -2.38. The van der Waals surface area contributed by atoms with Gasteiger partial charge in [-0.2, -0.15) is 0 Å². The SMILES string of the molecule is C[N+](C)(C)CCON.[OH-]. The van der Waals surface area contributed by atoms with Crippen molar-refractivity contribution >= 4 is 0 Å². The molecule has 0 aromatic heterocycles. The minimum absolute atomic E-state index is 0. The molecule has 0 aliphatic heterocycles. The summed E-state index contributed by atoms with van der Waals surface area (Å²) in [6.45, 7) is 1.58. The predicted molar refractivity (Wildman–Crippen MR) is 35.0 cm³/mol. The molecule has 0 aliphatic rings. The maximum atomic E-state index is 4.83. The highest BCUT2D eigenvalue weighted by atomic mass is 16.6. The van der Waals surface area contributed by atoms with E-state index in [1.807, 2.05) is 0 Å². The fourth-order valence-corrected chi connectivity index (χ4v) is 0.327. The highest BCUT2D eigenvalue weighted by Crippen LogP contribution is 1.86. The first-order valence-corrected chi connectivity index (χ1v) is 2.68. The summed E-state index contributed by atoms with van der Waals surface area (Å²) < 4.78 is 0.900. The van der Waals surface area contributed by atoms with Crippen LogP contribution in [0.1, 0.15) is 0 Å². The monoisotopic (exact) mass is 136 g/mol. The van der Waals surface area contributed by atoms with Gasteiger partial charge in [-0.3, -0.25) is 4.84 Å². The average Bonchev–Trinajstić information content (AvgIpc) is 1.59. The molecule has 0 saturated carbocycles. The van der Waals surface area contributed by atoms with Gasteiger partial charge in [-0.05, 0) is 0 Å². The summed E-state index contributed by atoms with van der Waals surface area (Å²) in [6, 6.07) is 0. The lowest BCUT2D eigenvalue weighted by molar-refractivity contribution is -0.870. The molecule has 0 atom stereocenters. The van der Waals surface area contributed by atoms with Crippen LogP contribution in [0.15, 0.2) is 0 Å². The Morgan fingerprint density at radius 1 is 1.33 bits per heavy atom. The van der Waals surface area contributed by atoms with Crippen LogP contribution >= 0.6 is 0 Å². The fourth-order valence-electron chi connectivity index (χ4n) is 0.327. The third kappa shape index (κ3) is 11.4. The summed E-state index contributed by atoms with van der Waals surface area (Å²) in [6.07, 6.45) is 0. The smallest absolute Gasteiger partial charge is 0.117 e. The van der Waals surface area contributed by atoms with Gasteiger partial charge in [0.05, 0.1) is 21.1 Å². The lowest BCUT2D eigenvalue weighted by atomic mass is 10.5. The molecule has 0 fully saturated rings. The van der Waals surface area contributed by atoms with Crippen molar-refractivity contribution in [1.29, 1.82) is 0 Å². The van der Waals surface area contributed by atoms with E-state index in [-0.39, 0.29) is 5.48 Å². The van der Waals surface area contributed by atoms with E-state index in [0.29, 0.717) is 6.61 Å². The number of quaternary nitrogens is 1. The van der Waals surface area contributed by atoms with Crippen molar-refractivity contribution in [2.75, 3.05) is 34.3 Å². The van der Waals surface area contributed by atoms with E-state index >= 15 is 0 Å². The Bertz CT molecular complexity index is 60.5. The molecule has 9 heavy (non-hydrogen) atoms. The Morgan fingerprint density at radius 2 is 1.78 bits per heavy atom. The maximum absolute atomic E-state index is 4.83. The summed E-state index contributed by atoms with van der Waals surface area (Å²) in [5.74, 6) is 4.83. The number of likely N-dealkylation sites (N-methyl/N-ethyl adjacent to an activating group) is 1. The highest BCUT2D eigenvalue weighted by Gasteiger charge is 2.03. The summed E-state index contributed by atoms with van der Waals surface area (Å²) >= 11 is 0. The van der Waals surface area contributed by atoms with E-state index in [0.717, 1.165) is 11.0 Å². The summed E-state index contributed by atoms with van der Waals surface area (Å²) in [4.78, 5) is 4.40. The number of rotatable bonds is 3. The summed E-state index contributed by atoms with van der Waals surface area (Å²) in [5.41, 5.74) is 0. The third-order valence-electron chi connectivity index (χ3n) is 0.880. The van der Waals surface area contributed by atoms with Crippen molar-refractivity contribution in [2.24, 2.45) is 5.90 Å². The van der Waals surface area contributed by atoms with Gasteiger partial charge in [-0.1, -0.05) is 0 Å². The van der Waals surface area contributed by atoms with Crippen molar-refractivity contribution < 1.29 is 14.8 Å². The molecule has 0 unspecified atom stereocenters. The molecule has 0 aromatic rings. The van der Waals surface area contributed by atoms with E-state index in [2.05, 4.69) is 26.0 Å². The second kappa shape index (κ2) is 4.69. The van der Waals surface area contributed by atoms with Gasteiger partial charge < -0.3 is 9.96 Å². The zero-order chi connectivity index (χ0) is 6.62. The maximum Gasteiger partial charge on any atom is 0.117 e. The molecular weight excluding hydrogens is 120 g/mol. The highest BCUT2D eigenvalue weighted by molar-refractivity contribution is 4.21. The van der Waals surface area contributed by atoms with Gasteiger partial charge in [0, 0.05) is 0 Å². The molecule has 0 spiro atoms. The normalized spacial score (nSPS) is 10.7. The number of nitrogens with zero attached hydrogens (tertiary/aromatic N) is 1. The van der Waals surface area contributed by atoms with Crippen molar-refractivity contribution in [3.8, 4) is 0 Å². The van der Waals surface area contributed by atoms with Gasteiger partial charge in [0.25, 0.3) is 0 Å². The van der Waals surface area contributed by atoms with Crippen molar-refractivity contribution in [3.63, 3.8) is 0 Å². The standard InChI is InChI=1S/C5H15N2O.H2O/c1-7(2,3)4-5-8-6;/h4-6H2,1-3H3;1H2/q+1;/p-1. The van der Waals surface area contributed by atoms with Crippen molar-refractivity contribution in [1.82, 2.24) is 0 Å². The molecule has 3 N–H and O–H groups in total. The summed E-state index contributed by atoms with van der Waals surface area (Å²) in [5, 5.41) is 0. The van der Waals surface area contributed by atoms with Crippen molar-refractivity contribution in [3.05, 3.63) is 0 Å². The molecule has 0 amide bonds. The van der Waals surface area contributed by atoms with E-state index < -0.39 is 0 Å². The van der Waals surface area contributed by atoms with Crippen LogP contribution in [0, 0.1) is 0 Å². The number of nitrogens with two attached hydrogens (primary N) is 1. The molecule has 0 aliphatic carbocycles. The largest absolute Gasteiger partial charge is 0.870 e. The van der Waals surface area contributed by atoms with Crippen LogP contribution in [0.25, 0.3) is 0 Å². The number of hydrogen-bond acceptors (Lipinski definition) is 3. The quantitative estimate of drug-likeness (QED) is 0.416. The van der Waals surface area contributed by atoms with Gasteiger partial charge in [0.2, 0.25) is 0 Å². The van der Waals surface area contributed by atoms with Gasteiger partial charge in [0.1, 0.15) is 13.2 Å². The van der Waals surface area contributed by atoms with Crippen LogP contribution in [-0.4, -0.2) is 44.3 Å². The molecule has 0 aromatic carbocycles. The average molecular weight is 136 g/mol. The first-order valence-electron chi connectivity index (χ1n) is 2.68. The predicted octanol–water partition coefficient (Wildman–Crippen LogP) is -0.594. The lowest BCUT2D eigenvalue weighted by Gasteiger charge is -2.22. The van der Waals surface area contributed by atoms with Crippen LogP contribution in [0.2, 0.25) is 0 Å². The molecule has 0 heterocycles. The van der Waals surface area contributed by atoms with E-state index in [4.69, 9.17) is 5.90 Å². The fraction of sp³-hybridized carbons (Fsp3) is 1.00. The minimum atomic E-state index is 0. The number of hydrogen-bond donors (Lipinski definition) is 1. The van der Waals surface area contributed by atoms with E-state index in [9.17, 15) is 0 Å². The minimum Gasteiger partial charge on any atom is -0.870 e. The molecule has 0 saturated heterocycles. The Labute approximate surface area is 56.1 Å². The molecule has 0 rings (SSSR count). The van der Waals surface area contributed by atoms with Crippen LogP contribution in [0.5, 0.6) is 0 Å². The molecule has 4 heteroatoms. The van der Waals surface area contributed by atoms with Crippen LogP contribution in [0.3, 0.4) is 0 Å². The molecule has 4 nitrogen and oxygen atoms in total. The second-order valence-corrected chi connectivity index (χ2v) is 2.88. The van der Waals surface area contributed by atoms with Crippen LogP contribution in [-0.2, 0) is 4.84 Å². The third-order valence-corrected chi connectivity index (χ3v) is 0.880. The van der Waals surface area contributed by atoms with E-state index in [1.165, 1.54) is 0 Å². The Balaban J connectivity index is 0. The molecular formula is C5H16N2O2. The Hall–Kier alpha value is -0.160. The van der Waals surface area contributed by atoms with Gasteiger partial charge in [-0.25, -0.2) is 5.90 Å². The van der Waals surface area contributed by atoms with E-state index in [1.54, 1.807) is 0 Å². The zero-order valence-corrected chi connectivity index (χ0v) is 6.29. The second-order valence-electron chi connectivity index (χ2n) is 2.88. The van der Waals surface area contributed by atoms with Crippen molar-refractivity contribution in [2.45, 2.75) is 0 Å². The van der Waals surface area contributed by atoms with Gasteiger partial charge in [-0.15, -0.1) is 0 Å².